The van der Waals surface area contributed by atoms with Gasteiger partial charge in [-0.25, -0.2) is 9.13 Å². The van der Waals surface area contributed by atoms with Crippen LogP contribution in [0.25, 0.3) is 0 Å². The maximum atomic E-state index is 2.65. The quantitative estimate of drug-likeness (QED) is 0.0479. The van der Waals surface area contributed by atoms with Crippen LogP contribution >= 0.6 is 0 Å². The number of aryl methyl sites for hydroxylation is 2. The van der Waals surface area contributed by atoms with Crippen LogP contribution in [0.1, 0.15) is 271 Å². The zero-order chi connectivity index (χ0) is 35.1. The summed E-state index contributed by atoms with van der Waals surface area (Å²) in [5, 5.41) is 0. The highest BCUT2D eigenvalue weighted by Crippen LogP contribution is 2.16. The van der Waals surface area contributed by atoms with Crippen molar-refractivity contribution in [3.8, 4) is 0 Å². The molecule has 0 saturated carbocycles. The summed E-state index contributed by atoms with van der Waals surface area (Å²) in [7, 11) is 0. The first-order valence-electron chi connectivity index (χ1n) is 23.4. The lowest BCUT2D eigenvalue weighted by molar-refractivity contribution is -0.704. The smallest absolute Gasteiger partial charge is 0.234 e. The Labute approximate surface area is 310 Å². The fourth-order valence-electron chi connectivity index (χ4n) is 7.92. The highest BCUT2D eigenvalue weighted by molar-refractivity contribution is 4.84. The van der Waals surface area contributed by atoms with Crippen LogP contribution in [0.15, 0.2) is 12.4 Å². The van der Waals surface area contributed by atoms with E-state index in [1.54, 1.807) is 5.82 Å². The van der Waals surface area contributed by atoms with Crippen molar-refractivity contribution in [2.45, 2.75) is 284 Å². The molecule has 290 valence electrons. The molecule has 0 saturated heterocycles. The van der Waals surface area contributed by atoms with Crippen molar-refractivity contribution in [3.63, 3.8) is 0 Å². The number of rotatable bonds is 41. The summed E-state index contributed by atoms with van der Waals surface area (Å²) in [6.07, 6.45) is 60.8. The maximum Gasteiger partial charge on any atom is 0.256 e. The highest BCUT2D eigenvalue weighted by Gasteiger charge is 2.16. The first-order valence-corrected chi connectivity index (χ1v) is 23.4. The monoisotopic (exact) mass is 686 g/mol. The van der Waals surface area contributed by atoms with Crippen LogP contribution in [0.3, 0.4) is 0 Å². The molecule has 0 atom stereocenters. The number of hydrogen-bond acceptors (Lipinski definition) is 0. The van der Waals surface area contributed by atoms with Crippen LogP contribution in [0.4, 0.5) is 0 Å². The van der Waals surface area contributed by atoms with E-state index >= 15 is 0 Å². The van der Waals surface area contributed by atoms with E-state index in [-0.39, 0.29) is 0 Å². The Morgan fingerprint density at radius 1 is 0.347 bits per heavy atom. The van der Waals surface area contributed by atoms with Gasteiger partial charge < -0.3 is 0 Å². The molecule has 0 radical (unpaired) electrons. The summed E-state index contributed by atoms with van der Waals surface area (Å²) >= 11 is 0. The molecule has 49 heavy (non-hydrogen) atoms. The topological polar surface area (TPSA) is 8.81 Å². The van der Waals surface area contributed by atoms with Gasteiger partial charge in [0.05, 0.1) is 13.1 Å². The molecule has 2 nitrogen and oxygen atoms in total. The van der Waals surface area contributed by atoms with Crippen molar-refractivity contribution in [2.24, 2.45) is 0 Å². The zero-order valence-electron chi connectivity index (χ0n) is 34.5. The predicted molar refractivity (Wildman–Crippen MR) is 221 cm³/mol. The van der Waals surface area contributed by atoms with E-state index in [4.69, 9.17) is 0 Å². The molecule has 0 fully saturated rings. The molecule has 0 aromatic carbocycles. The van der Waals surface area contributed by atoms with E-state index in [0.29, 0.717) is 0 Å². The third-order valence-electron chi connectivity index (χ3n) is 11.3. The number of imidazole rings is 1. The lowest BCUT2D eigenvalue weighted by atomic mass is 10.0. The molecule has 1 aromatic heterocycles. The highest BCUT2D eigenvalue weighted by atomic mass is 15.1. The SMILES string of the molecule is CCCCCCCCCCCCCCCCCCn1cc[n+](CCCCCCCCCCCCCCCC)c1CCCCCCCCCC. The summed E-state index contributed by atoms with van der Waals surface area (Å²) in [5.74, 6) is 1.63. The van der Waals surface area contributed by atoms with E-state index in [0.717, 1.165) is 0 Å². The minimum absolute atomic E-state index is 1.23. The molecule has 0 amide bonds. The second-order valence-electron chi connectivity index (χ2n) is 16.2. The van der Waals surface area contributed by atoms with Crippen molar-refractivity contribution >= 4 is 0 Å². The first-order chi connectivity index (χ1) is 24.3. The van der Waals surface area contributed by atoms with Gasteiger partial charge in [0.15, 0.2) is 0 Å². The molecule has 1 heterocycles. The maximum absolute atomic E-state index is 2.65. The van der Waals surface area contributed by atoms with Crippen molar-refractivity contribution in [1.82, 2.24) is 4.57 Å². The second-order valence-corrected chi connectivity index (χ2v) is 16.2. The molecule has 0 aliphatic rings. The van der Waals surface area contributed by atoms with Gasteiger partial charge in [-0.3, -0.25) is 0 Å². The van der Waals surface area contributed by atoms with Gasteiger partial charge in [0.25, 0.3) is 5.82 Å². The average Bonchev–Trinajstić information content (AvgIpc) is 3.50. The van der Waals surface area contributed by atoms with Crippen molar-refractivity contribution < 1.29 is 4.57 Å². The Morgan fingerprint density at radius 2 is 0.633 bits per heavy atom. The third kappa shape index (κ3) is 30.5. The van der Waals surface area contributed by atoms with Gasteiger partial charge in [0, 0.05) is 6.42 Å². The number of hydrogen-bond donors (Lipinski definition) is 0. The predicted octanol–water partition coefficient (Wildman–Crippen LogP) is 16.2. The molecule has 0 aliphatic carbocycles. The zero-order valence-corrected chi connectivity index (χ0v) is 34.5. The Bertz CT molecular complexity index is 751. The minimum Gasteiger partial charge on any atom is -0.234 e. The molecular formula is C47H93N2+. The molecule has 1 rings (SSSR count). The molecule has 1 aromatic rings. The standard InChI is InChI=1S/C47H93N2/c1-4-7-10-13-16-19-21-23-25-26-28-30-32-35-38-41-44-49-46-45-48(47(49)42-39-36-33-18-15-12-9-6-3)43-40-37-34-31-29-27-24-22-20-17-14-11-8-5-2/h45-46H,4-44H2,1-3H3/q+1. The van der Waals surface area contributed by atoms with E-state index < -0.39 is 0 Å². The van der Waals surface area contributed by atoms with Crippen LogP contribution in [0.2, 0.25) is 0 Å². The Hall–Kier alpha value is -0.790. The van der Waals surface area contributed by atoms with Crippen LogP contribution in [0, 0.1) is 0 Å². The van der Waals surface area contributed by atoms with Crippen molar-refractivity contribution in [1.29, 1.82) is 0 Å². The Morgan fingerprint density at radius 3 is 0.980 bits per heavy atom. The van der Waals surface area contributed by atoms with Gasteiger partial charge in [-0.2, -0.15) is 0 Å². The largest absolute Gasteiger partial charge is 0.256 e. The minimum atomic E-state index is 1.23. The lowest BCUT2D eigenvalue weighted by Crippen LogP contribution is -2.37. The molecule has 0 aliphatic heterocycles. The molecule has 2 heteroatoms. The average molecular weight is 686 g/mol. The molecular weight excluding hydrogens is 593 g/mol. The van der Waals surface area contributed by atoms with Gasteiger partial charge in [0.1, 0.15) is 12.4 Å². The van der Waals surface area contributed by atoms with E-state index in [9.17, 15) is 0 Å². The lowest BCUT2D eigenvalue weighted by Gasteiger charge is -2.07. The van der Waals surface area contributed by atoms with E-state index in [1.165, 1.54) is 264 Å². The van der Waals surface area contributed by atoms with Gasteiger partial charge in [-0.05, 0) is 32.1 Å². The van der Waals surface area contributed by atoms with Gasteiger partial charge in [0.2, 0.25) is 0 Å². The van der Waals surface area contributed by atoms with Gasteiger partial charge >= 0.3 is 0 Å². The number of aromatic nitrogens is 2. The summed E-state index contributed by atoms with van der Waals surface area (Å²) in [6.45, 7) is 9.41. The van der Waals surface area contributed by atoms with Crippen molar-refractivity contribution in [2.75, 3.05) is 0 Å². The van der Waals surface area contributed by atoms with Crippen LogP contribution < -0.4 is 4.57 Å². The summed E-state index contributed by atoms with van der Waals surface area (Å²) in [4.78, 5) is 0. The van der Waals surface area contributed by atoms with Crippen LogP contribution in [-0.2, 0) is 19.5 Å². The third-order valence-corrected chi connectivity index (χ3v) is 11.3. The molecule has 0 spiro atoms. The summed E-state index contributed by atoms with van der Waals surface area (Å²) < 4.78 is 5.29. The fraction of sp³-hybridized carbons (Fsp3) is 0.936. The molecule has 0 bridgehead atoms. The second kappa shape index (κ2) is 38.4. The van der Waals surface area contributed by atoms with Crippen LogP contribution in [-0.4, -0.2) is 4.57 Å². The summed E-state index contributed by atoms with van der Waals surface area (Å²) in [5.41, 5.74) is 0. The Balaban J connectivity index is 2.21. The summed E-state index contributed by atoms with van der Waals surface area (Å²) in [6, 6.07) is 0. The normalized spacial score (nSPS) is 11.7. The van der Waals surface area contributed by atoms with E-state index in [2.05, 4.69) is 42.3 Å². The van der Waals surface area contributed by atoms with Gasteiger partial charge in [-0.15, -0.1) is 0 Å². The molecule has 0 unspecified atom stereocenters. The van der Waals surface area contributed by atoms with Crippen molar-refractivity contribution in [3.05, 3.63) is 18.2 Å². The van der Waals surface area contributed by atoms with E-state index in [1.807, 2.05) is 0 Å². The first kappa shape index (κ1) is 46.2. The van der Waals surface area contributed by atoms with Crippen LogP contribution in [0.5, 0.6) is 0 Å². The molecule has 0 N–H and O–H groups in total. The number of unbranched alkanes of at least 4 members (excludes halogenated alkanes) is 35. The fourth-order valence-corrected chi connectivity index (χ4v) is 7.92. The number of nitrogens with zero attached hydrogens (tertiary/aromatic N) is 2. The van der Waals surface area contributed by atoms with Gasteiger partial charge in [-0.1, -0.05) is 233 Å². The Kier molecular flexibility index (Phi) is 36.3.